The fourth-order valence-corrected chi connectivity index (χ4v) is 3.92. The van der Waals surface area contributed by atoms with E-state index in [0.29, 0.717) is 4.80 Å². The number of amides is 1. The molecule has 0 saturated heterocycles. The first kappa shape index (κ1) is 19.3. The maximum atomic E-state index is 13.2. The third-order valence-corrected chi connectivity index (χ3v) is 5.53. The molecule has 0 aliphatic rings. The molecule has 0 saturated carbocycles. The lowest BCUT2D eigenvalue weighted by molar-refractivity contribution is -0.141. The summed E-state index contributed by atoms with van der Waals surface area (Å²) in [7, 11) is 1.30. The van der Waals surface area contributed by atoms with E-state index in [1.54, 1.807) is 4.57 Å². The second kappa shape index (κ2) is 7.62. The summed E-state index contributed by atoms with van der Waals surface area (Å²) in [5.41, 5.74) is 3.02. The zero-order valence-electron chi connectivity index (χ0n) is 14.9. The SMILES string of the molecule is COC(=O)Cn1c(=NC(=O)c2ccc(F)cc2Cl)sc2cc(C)c(C)cc21. The molecule has 8 heteroatoms. The van der Waals surface area contributed by atoms with Gasteiger partial charge in [0.2, 0.25) is 0 Å². The zero-order valence-corrected chi connectivity index (χ0v) is 16.4. The average Bonchev–Trinajstić information content (AvgIpc) is 2.91. The molecule has 0 aliphatic carbocycles. The van der Waals surface area contributed by atoms with Crippen molar-refractivity contribution in [2.75, 3.05) is 7.11 Å². The number of carbonyl (C=O) groups excluding carboxylic acids is 2. The first-order valence-electron chi connectivity index (χ1n) is 8.01. The summed E-state index contributed by atoms with van der Waals surface area (Å²) in [5, 5.41) is -0.0175. The summed E-state index contributed by atoms with van der Waals surface area (Å²) in [6.45, 7) is 3.87. The topological polar surface area (TPSA) is 60.7 Å². The fraction of sp³-hybridized carbons (Fsp3) is 0.211. The molecule has 2 aromatic carbocycles. The van der Waals surface area contributed by atoms with Gasteiger partial charge in [-0.25, -0.2) is 4.39 Å². The van der Waals surface area contributed by atoms with Crippen LogP contribution in [0.2, 0.25) is 5.02 Å². The van der Waals surface area contributed by atoms with Gasteiger partial charge in [0.1, 0.15) is 12.4 Å². The second-order valence-electron chi connectivity index (χ2n) is 5.99. The molecule has 1 aromatic heterocycles. The third-order valence-electron chi connectivity index (χ3n) is 4.17. The first-order valence-corrected chi connectivity index (χ1v) is 9.21. The minimum atomic E-state index is -0.612. The van der Waals surface area contributed by atoms with Crippen LogP contribution in [0.1, 0.15) is 21.5 Å². The minimum absolute atomic E-state index is 0.0175. The molecule has 3 aromatic rings. The highest BCUT2D eigenvalue weighted by Gasteiger charge is 2.15. The number of thiazole rings is 1. The molecule has 27 heavy (non-hydrogen) atoms. The summed E-state index contributed by atoms with van der Waals surface area (Å²) in [5.74, 6) is -1.61. The van der Waals surface area contributed by atoms with Gasteiger partial charge in [-0.3, -0.25) is 9.59 Å². The number of hydrogen-bond acceptors (Lipinski definition) is 4. The highest BCUT2D eigenvalue weighted by Crippen LogP contribution is 2.23. The standard InChI is InChI=1S/C19H16ClFN2O3S/c1-10-6-15-16(7-11(10)2)27-19(23(15)9-17(24)26-3)22-18(25)13-5-4-12(21)8-14(13)20/h4-8H,9H2,1-3H3. The molecule has 0 radical (unpaired) electrons. The normalized spacial score (nSPS) is 11.8. The van der Waals surface area contributed by atoms with E-state index in [1.807, 2.05) is 26.0 Å². The van der Waals surface area contributed by atoms with Crippen LogP contribution < -0.4 is 4.80 Å². The molecular weight excluding hydrogens is 391 g/mol. The molecular formula is C19H16ClFN2O3S. The Bertz CT molecular complexity index is 1130. The molecule has 5 nitrogen and oxygen atoms in total. The van der Waals surface area contributed by atoms with E-state index in [0.717, 1.165) is 33.5 Å². The lowest BCUT2D eigenvalue weighted by atomic mass is 10.1. The Balaban J connectivity index is 2.19. The average molecular weight is 407 g/mol. The maximum Gasteiger partial charge on any atom is 0.325 e. The van der Waals surface area contributed by atoms with Crippen LogP contribution in [-0.4, -0.2) is 23.6 Å². The highest BCUT2D eigenvalue weighted by molar-refractivity contribution is 7.16. The number of aryl methyl sites for hydroxylation is 2. The van der Waals surface area contributed by atoms with Crippen LogP contribution in [0.4, 0.5) is 4.39 Å². The van der Waals surface area contributed by atoms with Crippen LogP contribution in [-0.2, 0) is 16.1 Å². The number of esters is 1. The first-order chi connectivity index (χ1) is 12.8. The monoisotopic (exact) mass is 406 g/mol. The molecule has 140 valence electrons. The van der Waals surface area contributed by atoms with Crippen molar-refractivity contribution >= 4 is 45.0 Å². The van der Waals surface area contributed by atoms with Crippen molar-refractivity contribution in [3.63, 3.8) is 0 Å². The van der Waals surface area contributed by atoms with Crippen LogP contribution in [0.15, 0.2) is 35.3 Å². The van der Waals surface area contributed by atoms with Crippen LogP contribution in [0, 0.1) is 19.7 Å². The van der Waals surface area contributed by atoms with E-state index in [4.69, 9.17) is 16.3 Å². The summed E-state index contributed by atoms with van der Waals surface area (Å²) < 4.78 is 20.5. The van der Waals surface area contributed by atoms with Crippen molar-refractivity contribution in [1.29, 1.82) is 0 Å². The van der Waals surface area contributed by atoms with Gasteiger partial charge in [0, 0.05) is 0 Å². The number of benzene rings is 2. The number of aromatic nitrogens is 1. The summed E-state index contributed by atoms with van der Waals surface area (Å²) in [6, 6.07) is 7.42. The van der Waals surface area contributed by atoms with Gasteiger partial charge < -0.3 is 9.30 Å². The van der Waals surface area contributed by atoms with Gasteiger partial charge in [0.05, 0.1) is 27.9 Å². The Hall–Kier alpha value is -2.51. The van der Waals surface area contributed by atoms with Gasteiger partial charge in [-0.05, 0) is 55.3 Å². The van der Waals surface area contributed by atoms with E-state index in [2.05, 4.69) is 4.99 Å². The van der Waals surface area contributed by atoms with Crippen molar-refractivity contribution in [2.45, 2.75) is 20.4 Å². The number of ether oxygens (including phenoxy) is 1. The third kappa shape index (κ3) is 3.94. The molecule has 0 unspecified atom stereocenters. The minimum Gasteiger partial charge on any atom is -0.468 e. The molecule has 0 spiro atoms. The summed E-state index contributed by atoms with van der Waals surface area (Å²) >= 11 is 7.24. The number of fused-ring (bicyclic) bond motifs is 1. The van der Waals surface area contributed by atoms with Crippen LogP contribution in [0.3, 0.4) is 0 Å². The molecule has 0 fully saturated rings. The zero-order chi connectivity index (χ0) is 19.7. The smallest absolute Gasteiger partial charge is 0.325 e. The fourth-order valence-electron chi connectivity index (χ4n) is 2.56. The highest BCUT2D eigenvalue weighted by atomic mass is 35.5. The van der Waals surface area contributed by atoms with E-state index < -0.39 is 17.7 Å². The van der Waals surface area contributed by atoms with Gasteiger partial charge in [0.25, 0.3) is 5.91 Å². The van der Waals surface area contributed by atoms with Gasteiger partial charge in [-0.2, -0.15) is 4.99 Å². The molecule has 0 aliphatic heterocycles. The molecule has 3 rings (SSSR count). The molecule has 0 N–H and O–H groups in total. The number of hydrogen-bond donors (Lipinski definition) is 0. The van der Waals surface area contributed by atoms with Crippen molar-refractivity contribution < 1.29 is 18.7 Å². The number of nitrogens with zero attached hydrogens (tertiary/aromatic N) is 2. The molecule has 1 heterocycles. The van der Waals surface area contributed by atoms with E-state index in [9.17, 15) is 14.0 Å². The Morgan fingerprint density at radius 2 is 1.93 bits per heavy atom. The number of halogens is 2. The lowest BCUT2D eigenvalue weighted by Gasteiger charge is -2.05. The van der Waals surface area contributed by atoms with Crippen molar-refractivity contribution in [3.05, 3.63) is 62.7 Å². The van der Waals surface area contributed by atoms with Crippen molar-refractivity contribution in [2.24, 2.45) is 4.99 Å². The number of methoxy groups -OCH3 is 1. The van der Waals surface area contributed by atoms with Crippen LogP contribution in [0.5, 0.6) is 0 Å². The number of rotatable bonds is 3. The lowest BCUT2D eigenvalue weighted by Crippen LogP contribution is -2.22. The summed E-state index contributed by atoms with van der Waals surface area (Å²) in [6.07, 6.45) is 0. The van der Waals surface area contributed by atoms with Gasteiger partial charge in [-0.15, -0.1) is 0 Å². The van der Waals surface area contributed by atoms with E-state index in [-0.39, 0.29) is 17.1 Å². The molecule has 0 atom stereocenters. The Kier molecular flexibility index (Phi) is 5.43. The van der Waals surface area contributed by atoms with E-state index >= 15 is 0 Å². The molecule has 0 bridgehead atoms. The Morgan fingerprint density at radius 3 is 2.59 bits per heavy atom. The van der Waals surface area contributed by atoms with Crippen molar-refractivity contribution in [1.82, 2.24) is 4.57 Å². The molecule has 1 amide bonds. The van der Waals surface area contributed by atoms with Crippen LogP contribution >= 0.6 is 22.9 Å². The largest absolute Gasteiger partial charge is 0.468 e. The predicted octanol–water partition coefficient (Wildman–Crippen LogP) is 4.03. The van der Waals surface area contributed by atoms with Crippen molar-refractivity contribution in [3.8, 4) is 0 Å². The Morgan fingerprint density at radius 1 is 1.22 bits per heavy atom. The predicted molar refractivity (Wildman–Crippen MR) is 103 cm³/mol. The Labute approximate surface area is 163 Å². The van der Waals surface area contributed by atoms with Crippen LogP contribution in [0.25, 0.3) is 10.2 Å². The summed E-state index contributed by atoms with van der Waals surface area (Å²) in [4.78, 5) is 28.9. The quantitative estimate of drug-likeness (QED) is 0.617. The van der Waals surface area contributed by atoms with Gasteiger partial charge in [-0.1, -0.05) is 22.9 Å². The van der Waals surface area contributed by atoms with Gasteiger partial charge >= 0.3 is 5.97 Å². The second-order valence-corrected chi connectivity index (χ2v) is 7.41. The number of carbonyl (C=O) groups is 2. The van der Waals surface area contributed by atoms with E-state index in [1.165, 1.54) is 24.5 Å². The maximum absolute atomic E-state index is 13.2. The van der Waals surface area contributed by atoms with Gasteiger partial charge in [0.15, 0.2) is 4.80 Å².